The van der Waals surface area contributed by atoms with Crippen LogP contribution < -0.4 is 19.5 Å². The van der Waals surface area contributed by atoms with E-state index in [4.69, 9.17) is 32.7 Å². The Hall–Kier alpha value is -1.61. The van der Waals surface area contributed by atoms with E-state index in [0.29, 0.717) is 28.4 Å². The lowest BCUT2D eigenvalue weighted by Gasteiger charge is -2.13. The summed E-state index contributed by atoms with van der Waals surface area (Å²) in [6, 6.07) is 5.22. The van der Waals surface area contributed by atoms with Gasteiger partial charge in [-0.2, -0.15) is 4.98 Å². The van der Waals surface area contributed by atoms with Crippen molar-refractivity contribution in [3.05, 3.63) is 34.4 Å². The molecular formula is C16H18Cl2N4O3S. The Morgan fingerprint density at radius 3 is 3.00 bits per heavy atom. The summed E-state index contributed by atoms with van der Waals surface area (Å²) in [5.41, 5.74) is 0. The molecule has 1 aromatic carbocycles. The molecule has 1 aliphatic heterocycles. The molecule has 1 saturated heterocycles. The molecule has 2 atom stereocenters. The number of halogens is 2. The fraction of sp³-hybridized carbons (Fsp3) is 0.375. The van der Waals surface area contributed by atoms with Crippen molar-refractivity contribution in [3.8, 4) is 11.8 Å². The van der Waals surface area contributed by atoms with Gasteiger partial charge in [-0.25, -0.2) is 9.19 Å². The minimum absolute atomic E-state index is 0.174. The molecule has 1 aliphatic rings. The Balaban J connectivity index is 1.71. The molecule has 7 nitrogen and oxygen atoms in total. The smallest absolute Gasteiger partial charge is 0.261 e. The number of hydrogen-bond acceptors (Lipinski definition) is 6. The first kappa shape index (κ1) is 19.2. The van der Waals surface area contributed by atoms with Gasteiger partial charge in [0.15, 0.2) is 11.0 Å². The maximum atomic E-state index is 12.5. The maximum absolute atomic E-state index is 12.5. The van der Waals surface area contributed by atoms with E-state index in [1.807, 2.05) is 0 Å². The molecule has 26 heavy (non-hydrogen) atoms. The van der Waals surface area contributed by atoms with Gasteiger partial charge in [0.2, 0.25) is 11.7 Å². The molecule has 1 aromatic heterocycles. The summed E-state index contributed by atoms with van der Waals surface area (Å²) in [6.45, 7) is 1.51. The van der Waals surface area contributed by atoms with E-state index in [1.165, 1.54) is 13.3 Å². The number of hydrogen-bond donors (Lipinski definition) is 2. The van der Waals surface area contributed by atoms with Crippen molar-refractivity contribution in [3.63, 3.8) is 0 Å². The lowest BCUT2D eigenvalue weighted by molar-refractivity contribution is 0.262. The van der Waals surface area contributed by atoms with Gasteiger partial charge in [-0.05, 0) is 31.5 Å². The zero-order chi connectivity index (χ0) is 18.5. The van der Waals surface area contributed by atoms with Crippen LogP contribution >= 0.6 is 23.2 Å². The highest BCUT2D eigenvalue weighted by atomic mass is 35.5. The van der Waals surface area contributed by atoms with Gasteiger partial charge in [0.05, 0.1) is 28.2 Å². The molecule has 0 amide bonds. The minimum Gasteiger partial charge on any atom is -0.478 e. The van der Waals surface area contributed by atoms with E-state index in [1.54, 1.807) is 18.2 Å². The van der Waals surface area contributed by atoms with Gasteiger partial charge < -0.3 is 14.8 Å². The van der Waals surface area contributed by atoms with Crippen molar-refractivity contribution in [2.45, 2.75) is 23.8 Å². The molecule has 1 fully saturated rings. The van der Waals surface area contributed by atoms with E-state index in [9.17, 15) is 4.21 Å². The zero-order valence-corrected chi connectivity index (χ0v) is 16.3. The van der Waals surface area contributed by atoms with Gasteiger partial charge in [-0.3, -0.25) is 4.72 Å². The highest BCUT2D eigenvalue weighted by Gasteiger charge is 2.18. The molecule has 0 spiro atoms. The van der Waals surface area contributed by atoms with E-state index >= 15 is 0 Å². The van der Waals surface area contributed by atoms with E-state index < -0.39 is 11.0 Å². The van der Waals surface area contributed by atoms with Crippen LogP contribution in [-0.2, 0) is 11.0 Å². The Labute approximate surface area is 164 Å². The van der Waals surface area contributed by atoms with Crippen molar-refractivity contribution in [2.24, 2.45) is 0 Å². The van der Waals surface area contributed by atoms with Gasteiger partial charge in [0, 0.05) is 6.04 Å². The summed E-state index contributed by atoms with van der Waals surface area (Å²) in [5, 5.41) is 3.88. The Kier molecular flexibility index (Phi) is 6.53. The van der Waals surface area contributed by atoms with Crippen molar-refractivity contribution in [1.82, 2.24) is 15.3 Å². The maximum Gasteiger partial charge on any atom is 0.261 e. The largest absolute Gasteiger partial charge is 0.478 e. The molecule has 2 unspecified atom stereocenters. The van der Waals surface area contributed by atoms with Crippen LogP contribution in [0.3, 0.4) is 0 Å². The third-order valence-corrected chi connectivity index (χ3v) is 5.86. The Morgan fingerprint density at radius 1 is 1.42 bits per heavy atom. The van der Waals surface area contributed by atoms with Crippen molar-refractivity contribution < 1.29 is 13.7 Å². The average molecular weight is 417 g/mol. The van der Waals surface area contributed by atoms with E-state index in [2.05, 4.69) is 20.0 Å². The molecule has 2 heterocycles. The third kappa shape index (κ3) is 4.56. The Bertz CT molecular complexity index is 803. The van der Waals surface area contributed by atoms with Gasteiger partial charge in [-0.1, -0.05) is 29.3 Å². The molecule has 0 aliphatic carbocycles. The van der Waals surface area contributed by atoms with Gasteiger partial charge >= 0.3 is 0 Å². The molecule has 0 saturated carbocycles. The average Bonchev–Trinajstić information content (AvgIpc) is 3.16. The van der Waals surface area contributed by atoms with Crippen LogP contribution in [0.15, 0.2) is 29.3 Å². The number of nitrogens with zero attached hydrogens (tertiary/aromatic N) is 2. The standard InChI is InChI=1S/C16H18Cl2N4O3S/c1-24-16-15(22-26(23)12-6-2-5-11(17)14(12)18)20-8-13(21-16)25-9-10-4-3-7-19-10/h2,5-6,8,10,19H,3-4,7,9H2,1H3,(H,20,22). The quantitative estimate of drug-likeness (QED) is 0.721. The molecule has 0 radical (unpaired) electrons. The highest BCUT2D eigenvalue weighted by molar-refractivity contribution is 7.86. The lowest BCUT2D eigenvalue weighted by atomic mass is 10.2. The number of anilines is 1. The Morgan fingerprint density at radius 2 is 2.27 bits per heavy atom. The fourth-order valence-electron chi connectivity index (χ4n) is 2.49. The second-order valence-electron chi connectivity index (χ2n) is 5.59. The molecule has 2 N–H and O–H groups in total. The van der Waals surface area contributed by atoms with Crippen LogP contribution in [0.1, 0.15) is 12.8 Å². The lowest BCUT2D eigenvalue weighted by Crippen LogP contribution is -2.28. The molecule has 140 valence electrons. The summed E-state index contributed by atoms with van der Waals surface area (Å²) in [6.07, 6.45) is 3.67. The fourth-order valence-corrected chi connectivity index (χ4v) is 3.96. The predicted octanol–water partition coefficient (Wildman–Crippen LogP) is 3.06. The van der Waals surface area contributed by atoms with E-state index in [0.717, 1.165) is 19.4 Å². The van der Waals surface area contributed by atoms with Crippen LogP contribution in [0.2, 0.25) is 10.0 Å². The number of ether oxygens (including phenoxy) is 2. The van der Waals surface area contributed by atoms with Crippen LogP contribution in [0.5, 0.6) is 11.8 Å². The molecule has 0 bridgehead atoms. The topological polar surface area (TPSA) is 85.4 Å². The number of rotatable bonds is 7. The van der Waals surface area contributed by atoms with Crippen LogP contribution in [-0.4, -0.2) is 40.5 Å². The molecule has 3 rings (SSSR count). The monoisotopic (exact) mass is 416 g/mol. The second-order valence-corrected chi connectivity index (χ2v) is 7.56. The number of benzene rings is 1. The summed E-state index contributed by atoms with van der Waals surface area (Å²) >= 11 is 12.1. The molecular weight excluding hydrogens is 399 g/mol. The first-order valence-electron chi connectivity index (χ1n) is 7.98. The van der Waals surface area contributed by atoms with Gasteiger partial charge in [0.25, 0.3) is 5.88 Å². The number of methoxy groups -OCH3 is 1. The normalized spacial score (nSPS) is 17.7. The highest BCUT2D eigenvalue weighted by Crippen LogP contribution is 2.30. The molecule has 10 heteroatoms. The van der Waals surface area contributed by atoms with E-state index in [-0.39, 0.29) is 16.7 Å². The first-order chi connectivity index (χ1) is 12.6. The van der Waals surface area contributed by atoms with Crippen molar-refractivity contribution in [1.29, 1.82) is 0 Å². The zero-order valence-electron chi connectivity index (χ0n) is 14.0. The number of aromatic nitrogens is 2. The summed E-state index contributed by atoms with van der Waals surface area (Å²) < 4.78 is 26.1. The summed E-state index contributed by atoms with van der Waals surface area (Å²) in [4.78, 5) is 8.79. The van der Waals surface area contributed by atoms with Crippen LogP contribution in [0.25, 0.3) is 0 Å². The first-order valence-corrected chi connectivity index (χ1v) is 9.88. The summed E-state index contributed by atoms with van der Waals surface area (Å²) in [7, 11) is -0.229. The SMILES string of the molecule is COc1nc(OCC2CCCN2)cnc1NS(=O)c1cccc(Cl)c1Cl. The third-order valence-electron chi connectivity index (χ3n) is 3.81. The second kappa shape index (κ2) is 8.85. The van der Waals surface area contributed by atoms with Crippen molar-refractivity contribution >= 4 is 40.0 Å². The molecule has 2 aromatic rings. The summed E-state index contributed by atoms with van der Waals surface area (Å²) in [5.74, 6) is 0.731. The minimum atomic E-state index is -1.68. The van der Waals surface area contributed by atoms with Crippen molar-refractivity contribution in [2.75, 3.05) is 25.0 Å². The van der Waals surface area contributed by atoms with Crippen LogP contribution in [0, 0.1) is 0 Å². The van der Waals surface area contributed by atoms with Gasteiger partial charge in [-0.15, -0.1) is 0 Å². The number of nitrogens with one attached hydrogen (secondary N) is 2. The van der Waals surface area contributed by atoms with Crippen LogP contribution in [0.4, 0.5) is 5.82 Å². The van der Waals surface area contributed by atoms with Gasteiger partial charge in [0.1, 0.15) is 6.61 Å². The predicted molar refractivity (Wildman–Crippen MR) is 102 cm³/mol.